The van der Waals surface area contributed by atoms with Crippen molar-refractivity contribution in [2.75, 3.05) is 9.80 Å². The second-order valence-corrected chi connectivity index (χ2v) is 16.2. The lowest BCUT2D eigenvalue weighted by Crippen LogP contribution is -2.88. The molecule has 10 rings (SSSR count). The van der Waals surface area contributed by atoms with E-state index in [9.17, 15) is 0 Å². The van der Waals surface area contributed by atoms with Crippen LogP contribution in [-0.2, 0) is 0 Å². The number of hydrogen-bond donors (Lipinski definition) is 0. The van der Waals surface area contributed by atoms with E-state index in [0.29, 0.717) is 0 Å². The predicted molar refractivity (Wildman–Crippen MR) is 198 cm³/mol. The molecule has 0 saturated carbocycles. The molecule has 7 aromatic rings. The van der Waals surface area contributed by atoms with Gasteiger partial charge in [0, 0.05) is 34.1 Å². The zero-order chi connectivity index (χ0) is 30.2. The average Bonchev–Trinajstić information content (AvgIpc) is 3.13. The molecule has 0 aliphatic carbocycles. The largest absolute Gasteiger partial charge is 0.311 e. The van der Waals surface area contributed by atoms with Crippen LogP contribution < -0.4 is 46.9 Å². The summed E-state index contributed by atoms with van der Waals surface area (Å²) in [4.78, 5) is 5.04. The lowest BCUT2D eigenvalue weighted by atomic mass is 9.33. The Kier molecular flexibility index (Phi) is 5.43. The van der Waals surface area contributed by atoms with Crippen molar-refractivity contribution in [2.24, 2.45) is 0 Å². The fourth-order valence-corrected chi connectivity index (χ4v) is 14.0. The molecule has 0 amide bonds. The lowest BCUT2D eigenvalue weighted by molar-refractivity contribution is 1.25. The summed E-state index contributed by atoms with van der Waals surface area (Å²) in [5.41, 5.74) is 11.8. The van der Waals surface area contributed by atoms with Crippen molar-refractivity contribution in [3.63, 3.8) is 0 Å². The third-order valence-electron chi connectivity index (χ3n) is 10.3. The molecular weight excluding hydrogens is 571 g/mol. The number of para-hydroxylation sites is 2. The van der Waals surface area contributed by atoms with Crippen molar-refractivity contribution < 1.29 is 0 Å². The minimum absolute atomic E-state index is 0.136. The Morgan fingerprint density at radius 3 is 1.09 bits per heavy atom. The number of anilines is 6. The summed E-state index contributed by atoms with van der Waals surface area (Å²) in [6.07, 6.45) is 0. The molecule has 4 heteroatoms. The molecule has 214 valence electrons. The van der Waals surface area contributed by atoms with Crippen molar-refractivity contribution in [1.82, 2.24) is 0 Å². The first kappa shape index (κ1) is 25.7. The molecule has 3 aliphatic rings. The van der Waals surface area contributed by atoms with Gasteiger partial charge in [-0.05, 0) is 85.7 Å². The van der Waals surface area contributed by atoms with Gasteiger partial charge in [-0.25, -0.2) is 0 Å². The first-order valence-electron chi connectivity index (χ1n) is 16.1. The molecule has 0 unspecified atom stereocenters. The Hall–Kier alpha value is -5.58. The van der Waals surface area contributed by atoms with Crippen LogP contribution in [0.2, 0.25) is 0 Å². The highest BCUT2D eigenvalue weighted by molar-refractivity contribution is 7.27. The fraction of sp³-hybridized carbons (Fsp3) is 0. The molecular formula is C42H29BN2Si. The van der Waals surface area contributed by atoms with Crippen LogP contribution in [-0.4, -0.2) is 14.8 Å². The van der Waals surface area contributed by atoms with Crippen LogP contribution in [0.5, 0.6) is 0 Å². The highest BCUT2D eigenvalue weighted by Crippen LogP contribution is 2.44. The van der Waals surface area contributed by atoms with Gasteiger partial charge >= 0.3 is 0 Å². The maximum atomic E-state index is 2.52. The summed E-state index contributed by atoms with van der Waals surface area (Å²) in [6.45, 7) is 0.136. The summed E-state index contributed by atoms with van der Waals surface area (Å²) in [5.74, 6) is 0. The maximum Gasteiger partial charge on any atom is 0.251 e. The SMILES string of the molecule is c1ccc(N2c3cccc4c3B3c5c2cccc5[Si](c2ccccc2)(c2ccccc2)c2cccc(c23)N4c2ccccc2)cc1. The van der Waals surface area contributed by atoms with E-state index in [1.165, 1.54) is 71.3 Å². The number of rotatable bonds is 4. The molecule has 7 aromatic carbocycles. The normalized spacial score (nSPS) is 14.6. The lowest BCUT2D eigenvalue weighted by Gasteiger charge is -2.51. The third kappa shape index (κ3) is 3.26. The van der Waals surface area contributed by atoms with Crippen LogP contribution in [0, 0.1) is 0 Å². The van der Waals surface area contributed by atoms with Crippen molar-refractivity contribution in [2.45, 2.75) is 0 Å². The first-order chi connectivity index (χ1) is 22.9. The molecule has 0 fully saturated rings. The summed E-state index contributed by atoms with van der Waals surface area (Å²) >= 11 is 0. The zero-order valence-corrected chi connectivity index (χ0v) is 26.2. The van der Waals surface area contributed by atoms with Crippen LogP contribution >= 0.6 is 0 Å². The summed E-state index contributed by atoms with van der Waals surface area (Å²) < 4.78 is 0. The second-order valence-electron chi connectivity index (χ2n) is 12.4. The molecule has 0 atom stereocenters. The van der Waals surface area contributed by atoms with Crippen molar-refractivity contribution >= 4 is 86.0 Å². The number of benzene rings is 7. The average molecular weight is 601 g/mol. The van der Waals surface area contributed by atoms with Gasteiger partial charge < -0.3 is 9.80 Å². The van der Waals surface area contributed by atoms with E-state index in [-0.39, 0.29) is 6.71 Å². The van der Waals surface area contributed by atoms with Crippen molar-refractivity contribution in [1.29, 1.82) is 0 Å². The van der Waals surface area contributed by atoms with Crippen molar-refractivity contribution in [3.05, 3.63) is 176 Å². The molecule has 0 aromatic heterocycles. The molecule has 0 radical (unpaired) electrons. The quantitative estimate of drug-likeness (QED) is 0.248. The van der Waals surface area contributed by atoms with E-state index < -0.39 is 8.07 Å². The Morgan fingerprint density at radius 2 is 0.674 bits per heavy atom. The Labute approximate surface area is 270 Å². The van der Waals surface area contributed by atoms with Gasteiger partial charge in [-0.2, -0.15) is 0 Å². The first-order valence-corrected chi connectivity index (χ1v) is 18.1. The Balaban J connectivity index is 1.43. The zero-order valence-electron chi connectivity index (χ0n) is 25.2. The molecule has 0 bridgehead atoms. The highest BCUT2D eigenvalue weighted by atomic mass is 28.3. The monoisotopic (exact) mass is 600 g/mol. The highest BCUT2D eigenvalue weighted by Gasteiger charge is 2.56. The van der Waals surface area contributed by atoms with Gasteiger partial charge in [0.25, 0.3) is 6.71 Å². The Morgan fingerprint density at radius 1 is 0.326 bits per heavy atom. The van der Waals surface area contributed by atoms with Crippen LogP contribution in [0.1, 0.15) is 0 Å². The smallest absolute Gasteiger partial charge is 0.251 e. The van der Waals surface area contributed by atoms with Gasteiger partial charge in [-0.1, -0.05) is 127 Å². The van der Waals surface area contributed by atoms with Crippen LogP contribution in [0.3, 0.4) is 0 Å². The topological polar surface area (TPSA) is 6.48 Å². The summed E-state index contributed by atoms with van der Waals surface area (Å²) in [5, 5.41) is 5.82. The van der Waals surface area contributed by atoms with Gasteiger partial charge in [0.05, 0.1) is 0 Å². The van der Waals surface area contributed by atoms with Gasteiger partial charge in [0.2, 0.25) is 0 Å². The molecule has 3 aliphatic heterocycles. The van der Waals surface area contributed by atoms with E-state index in [1.54, 1.807) is 0 Å². The minimum atomic E-state index is -2.77. The molecule has 2 nitrogen and oxygen atoms in total. The van der Waals surface area contributed by atoms with Crippen LogP contribution in [0.25, 0.3) is 0 Å². The van der Waals surface area contributed by atoms with Gasteiger partial charge in [-0.15, -0.1) is 0 Å². The second kappa shape index (κ2) is 9.71. The van der Waals surface area contributed by atoms with E-state index in [0.717, 1.165) is 0 Å². The standard InChI is InChI=1S/C42H29BN2Si/c1-5-16-30(17-6-1)44-34-24-13-25-35-40(34)43-41-36(44)26-14-28-38(41)46(32-20-9-3-10-21-32,33-22-11-4-12-23-33)39-29-15-27-37(42(39)43)45(35)31-18-7-2-8-19-31/h1-29H. The van der Waals surface area contributed by atoms with E-state index in [4.69, 9.17) is 0 Å². The minimum Gasteiger partial charge on any atom is -0.311 e. The van der Waals surface area contributed by atoms with E-state index in [2.05, 4.69) is 186 Å². The third-order valence-corrected chi connectivity index (χ3v) is 15.2. The number of hydrogen-bond acceptors (Lipinski definition) is 2. The summed E-state index contributed by atoms with van der Waals surface area (Å²) in [7, 11) is -2.77. The Bertz CT molecular complexity index is 2110. The summed E-state index contributed by atoms with van der Waals surface area (Å²) in [6, 6.07) is 65.7. The van der Waals surface area contributed by atoms with Crippen molar-refractivity contribution in [3.8, 4) is 0 Å². The molecule has 0 spiro atoms. The fourth-order valence-electron chi connectivity index (χ4n) is 8.70. The van der Waals surface area contributed by atoms with Crippen LogP contribution in [0.15, 0.2) is 176 Å². The van der Waals surface area contributed by atoms with Crippen LogP contribution in [0.4, 0.5) is 34.1 Å². The van der Waals surface area contributed by atoms with E-state index in [1.807, 2.05) is 0 Å². The van der Waals surface area contributed by atoms with E-state index >= 15 is 0 Å². The predicted octanol–water partition coefficient (Wildman–Crippen LogP) is 5.46. The van der Waals surface area contributed by atoms with Gasteiger partial charge in [0.1, 0.15) is 0 Å². The number of nitrogens with zero attached hydrogens (tertiary/aromatic N) is 2. The molecule has 0 saturated heterocycles. The molecule has 46 heavy (non-hydrogen) atoms. The molecule has 3 heterocycles. The van der Waals surface area contributed by atoms with Gasteiger partial charge in [-0.3, -0.25) is 0 Å². The maximum absolute atomic E-state index is 2.77. The molecule has 0 N–H and O–H groups in total. The van der Waals surface area contributed by atoms with Gasteiger partial charge in [0.15, 0.2) is 8.07 Å².